The van der Waals surface area contributed by atoms with Crippen LogP contribution in [0.1, 0.15) is 29.4 Å². The summed E-state index contributed by atoms with van der Waals surface area (Å²) in [5.74, 6) is 4.91. The molecule has 0 fully saturated rings. The van der Waals surface area contributed by atoms with Crippen molar-refractivity contribution in [2.75, 3.05) is 12.0 Å². The number of nitrogen functional groups attached to an aromatic ring is 1. The number of aryl methyl sites for hydroxylation is 1. The van der Waals surface area contributed by atoms with Gasteiger partial charge in [-0.25, -0.2) is 10.8 Å². The molecule has 0 aromatic carbocycles. The average molecular weight is 276 g/mol. The molecule has 0 aliphatic heterocycles. The van der Waals surface area contributed by atoms with Gasteiger partial charge in [0.1, 0.15) is 5.82 Å². The van der Waals surface area contributed by atoms with E-state index in [9.17, 15) is 18.0 Å². The zero-order valence-electron chi connectivity index (χ0n) is 10.3. The van der Waals surface area contributed by atoms with E-state index in [2.05, 4.69) is 15.7 Å². The van der Waals surface area contributed by atoms with Crippen LogP contribution in [0.2, 0.25) is 0 Å². The molecule has 106 valence electrons. The summed E-state index contributed by atoms with van der Waals surface area (Å²) in [6.45, 7) is 1.38. The smallest absolute Gasteiger partial charge is 0.352 e. The molecule has 1 amide bonds. The first kappa shape index (κ1) is 15.2. The lowest BCUT2D eigenvalue weighted by atomic mass is 10.2. The molecule has 0 unspecified atom stereocenters. The second-order valence-electron chi connectivity index (χ2n) is 3.85. The number of halogens is 3. The maximum atomic E-state index is 12.0. The number of anilines is 1. The summed E-state index contributed by atoms with van der Waals surface area (Å²) >= 11 is 0. The highest BCUT2D eigenvalue weighted by molar-refractivity contribution is 5.94. The standard InChI is InChI=1S/C11H15F3N4O/c1-2-8-5-7(6-9(17-8)18-15)10(19)16-4-3-11(12,13)14/h5-6H,2-4,15H2,1H3,(H,16,19)(H,17,18). The van der Waals surface area contributed by atoms with E-state index in [1.54, 1.807) is 0 Å². The molecule has 1 aromatic heterocycles. The zero-order chi connectivity index (χ0) is 14.5. The lowest BCUT2D eigenvalue weighted by Crippen LogP contribution is -2.28. The van der Waals surface area contributed by atoms with Gasteiger partial charge in [-0.3, -0.25) is 4.79 Å². The number of hydrogen-bond acceptors (Lipinski definition) is 4. The fourth-order valence-electron chi connectivity index (χ4n) is 1.39. The minimum atomic E-state index is -4.29. The summed E-state index contributed by atoms with van der Waals surface area (Å²) in [6, 6.07) is 2.89. The van der Waals surface area contributed by atoms with Gasteiger partial charge in [0.25, 0.3) is 5.91 Å². The van der Waals surface area contributed by atoms with Gasteiger partial charge in [-0.15, -0.1) is 0 Å². The largest absolute Gasteiger partial charge is 0.390 e. The van der Waals surface area contributed by atoms with Crippen molar-refractivity contribution in [1.82, 2.24) is 10.3 Å². The van der Waals surface area contributed by atoms with E-state index >= 15 is 0 Å². The zero-order valence-corrected chi connectivity index (χ0v) is 10.3. The molecule has 1 aromatic rings. The molecule has 0 saturated carbocycles. The van der Waals surface area contributed by atoms with Crippen molar-refractivity contribution in [3.63, 3.8) is 0 Å². The second-order valence-corrected chi connectivity index (χ2v) is 3.85. The van der Waals surface area contributed by atoms with Crippen LogP contribution in [0.15, 0.2) is 12.1 Å². The molecule has 0 saturated heterocycles. The van der Waals surface area contributed by atoms with Gasteiger partial charge >= 0.3 is 6.18 Å². The Morgan fingerprint density at radius 2 is 2.11 bits per heavy atom. The number of nitrogens with one attached hydrogen (secondary N) is 2. The van der Waals surface area contributed by atoms with E-state index in [4.69, 9.17) is 5.84 Å². The molecule has 8 heteroatoms. The monoisotopic (exact) mass is 276 g/mol. The lowest BCUT2D eigenvalue weighted by Gasteiger charge is -2.09. The number of hydrazine groups is 1. The van der Waals surface area contributed by atoms with Crippen LogP contribution in [0, 0.1) is 0 Å². The maximum absolute atomic E-state index is 12.0. The third kappa shape index (κ3) is 5.12. The number of alkyl halides is 3. The highest BCUT2D eigenvalue weighted by atomic mass is 19.4. The van der Waals surface area contributed by atoms with E-state index in [-0.39, 0.29) is 5.56 Å². The molecule has 0 bridgehead atoms. The van der Waals surface area contributed by atoms with Crippen LogP contribution in [-0.2, 0) is 6.42 Å². The van der Waals surface area contributed by atoms with Gasteiger partial charge in [-0.2, -0.15) is 13.2 Å². The molecule has 1 rings (SSSR count). The Bertz CT molecular complexity index is 426. The maximum Gasteiger partial charge on any atom is 0.390 e. The van der Waals surface area contributed by atoms with E-state index < -0.39 is 25.0 Å². The second kappa shape index (κ2) is 6.37. The minimum Gasteiger partial charge on any atom is -0.352 e. The third-order valence-electron chi connectivity index (χ3n) is 2.34. The molecule has 1 heterocycles. The van der Waals surface area contributed by atoms with Gasteiger partial charge in [-0.05, 0) is 18.6 Å². The Hall–Kier alpha value is -1.83. The van der Waals surface area contributed by atoms with Crippen LogP contribution in [0.5, 0.6) is 0 Å². The summed E-state index contributed by atoms with van der Waals surface area (Å²) < 4.78 is 35.9. The van der Waals surface area contributed by atoms with Crippen molar-refractivity contribution in [2.45, 2.75) is 25.9 Å². The van der Waals surface area contributed by atoms with Crippen LogP contribution in [0.3, 0.4) is 0 Å². The molecule has 0 spiro atoms. The number of amides is 1. The van der Waals surface area contributed by atoms with Crippen LogP contribution < -0.4 is 16.6 Å². The van der Waals surface area contributed by atoms with Crippen molar-refractivity contribution in [3.8, 4) is 0 Å². The molecule has 19 heavy (non-hydrogen) atoms. The molecule has 0 radical (unpaired) electrons. The van der Waals surface area contributed by atoms with Crippen LogP contribution in [-0.4, -0.2) is 23.6 Å². The third-order valence-corrected chi connectivity index (χ3v) is 2.34. The molecule has 0 atom stereocenters. The number of nitrogens with zero attached hydrogens (tertiary/aromatic N) is 1. The van der Waals surface area contributed by atoms with Gasteiger partial charge in [0.05, 0.1) is 6.42 Å². The number of hydrogen-bond donors (Lipinski definition) is 3. The van der Waals surface area contributed by atoms with Crippen molar-refractivity contribution < 1.29 is 18.0 Å². The van der Waals surface area contributed by atoms with E-state index in [0.717, 1.165) is 0 Å². The van der Waals surface area contributed by atoms with Crippen molar-refractivity contribution in [2.24, 2.45) is 5.84 Å². The van der Waals surface area contributed by atoms with Crippen molar-refractivity contribution in [3.05, 3.63) is 23.4 Å². The van der Waals surface area contributed by atoms with E-state index in [1.165, 1.54) is 12.1 Å². The Kier molecular flexibility index (Phi) is 5.11. The average Bonchev–Trinajstić information content (AvgIpc) is 2.36. The van der Waals surface area contributed by atoms with E-state index in [1.807, 2.05) is 6.92 Å². The fraction of sp³-hybridized carbons (Fsp3) is 0.455. The number of aromatic nitrogens is 1. The lowest BCUT2D eigenvalue weighted by molar-refractivity contribution is -0.132. The van der Waals surface area contributed by atoms with Gasteiger partial charge < -0.3 is 10.7 Å². The quantitative estimate of drug-likeness (QED) is 0.564. The molecular weight excluding hydrogens is 261 g/mol. The Labute approximate surface area is 108 Å². The highest BCUT2D eigenvalue weighted by Crippen LogP contribution is 2.18. The first-order chi connectivity index (χ1) is 8.85. The molecular formula is C11H15F3N4O. The van der Waals surface area contributed by atoms with Gasteiger partial charge in [0.15, 0.2) is 0 Å². The molecule has 0 aliphatic carbocycles. The Morgan fingerprint density at radius 3 is 2.63 bits per heavy atom. The fourth-order valence-corrected chi connectivity index (χ4v) is 1.39. The number of rotatable bonds is 5. The summed E-state index contributed by atoms with van der Waals surface area (Å²) in [6.07, 6.45) is -4.77. The van der Waals surface area contributed by atoms with Crippen molar-refractivity contribution >= 4 is 11.7 Å². The normalized spacial score (nSPS) is 11.2. The summed E-state index contributed by atoms with van der Waals surface area (Å²) in [7, 11) is 0. The highest BCUT2D eigenvalue weighted by Gasteiger charge is 2.26. The molecule has 5 nitrogen and oxygen atoms in total. The minimum absolute atomic E-state index is 0.224. The number of pyridine rings is 1. The Balaban J connectivity index is 2.71. The summed E-state index contributed by atoms with van der Waals surface area (Å²) in [5.41, 5.74) is 3.15. The van der Waals surface area contributed by atoms with Gasteiger partial charge in [-0.1, -0.05) is 6.92 Å². The van der Waals surface area contributed by atoms with Crippen LogP contribution in [0.4, 0.5) is 19.0 Å². The number of nitrogens with two attached hydrogens (primary N) is 1. The first-order valence-corrected chi connectivity index (χ1v) is 5.68. The summed E-state index contributed by atoms with van der Waals surface area (Å²) in [4.78, 5) is 15.8. The number of carbonyl (C=O) groups is 1. The molecule has 0 aliphatic rings. The predicted molar refractivity (Wildman–Crippen MR) is 64.4 cm³/mol. The van der Waals surface area contributed by atoms with E-state index in [0.29, 0.717) is 17.9 Å². The SMILES string of the molecule is CCc1cc(C(=O)NCCC(F)(F)F)cc(NN)n1. The summed E-state index contributed by atoms with van der Waals surface area (Å²) in [5, 5.41) is 2.20. The number of carbonyl (C=O) groups excluding carboxylic acids is 1. The Morgan fingerprint density at radius 1 is 1.42 bits per heavy atom. The molecule has 4 N–H and O–H groups in total. The van der Waals surface area contributed by atoms with Crippen LogP contribution >= 0.6 is 0 Å². The van der Waals surface area contributed by atoms with Gasteiger partial charge in [0.2, 0.25) is 0 Å². The first-order valence-electron chi connectivity index (χ1n) is 5.68. The topological polar surface area (TPSA) is 80.0 Å². The van der Waals surface area contributed by atoms with Gasteiger partial charge in [0, 0.05) is 17.8 Å². The van der Waals surface area contributed by atoms with Crippen molar-refractivity contribution in [1.29, 1.82) is 0 Å². The predicted octanol–water partition coefficient (Wildman–Crippen LogP) is 1.61. The van der Waals surface area contributed by atoms with Crippen LogP contribution in [0.25, 0.3) is 0 Å².